The molecule has 0 spiro atoms. The first-order valence-electron chi connectivity index (χ1n) is 7.02. The summed E-state index contributed by atoms with van der Waals surface area (Å²) in [5.41, 5.74) is 1.18. The van der Waals surface area contributed by atoms with Crippen molar-refractivity contribution in [1.29, 1.82) is 0 Å². The first-order chi connectivity index (χ1) is 10.8. The summed E-state index contributed by atoms with van der Waals surface area (Å²) in [4.78, 5) is 16.3. The fourth-order valence-electron chi connectivity index (χ4n) is 1.92. The highest BCUT2D eigenvalue weighted by Gasteiger charge is 2.17. The number of aryl methyl sites for hydroxylation is 1. The van der Waals surface area contributed by atoms with Crippen LogP contribution in [0.2, 0.25) is 0 Å². The van der Waals surface area contributed by atoms with Gasteiger partial charge in [0.1, 0.15) is 6.26 Å². The minimum absolute atomic E-state index is 0.150. The lowest BCUT2D eigenvalue weighted by molar-refractivity contribution is 0.0954. The Balaban J connectivity index is 1.95. The third kappa shape index (κ3) is 4.17. The summed E-state index contributed by atoms with van der Waals surface area (Å²) < 4.78 is 30.1. The van der Waals surface area contributed by atoms with Crippen LogP contribution in [-0.4, -0.2) is 44.3 Å². The molecule has 0 aliphatic carbocycles. The number of rotatable bonds is 6. The van der Waals surface area contributed by atoms with E-state index in [2.05, 4.69) is 10.3 Å². The fourth-order valence-corrected chi connectivity index (χ4v) is 2.82. The van der Waals surface area contributed by atoms with Gasteiger partial charge < -0.3 is 9.73 Å². The monoisotopic (exact) mass is 337 g/mol. The van der Waals surface area contributed by atoms with Gasteiger partial charge in [-0.15, -0.1) is 0 Å². The molecule has 0 atom stereocenters. The fraction of sp³-hybridized carbons (Fsp3) is 0.333. The number of hydrogen-bond donors (Lipinski definition) is 1. The molecule has 0 aliphatic rings. The highest BCUT2D eigenvalue weighted by molar-refractivity contribution is 7.89. The van der Waals surface area contributed by atoms with Crippen LogP contribution in [0, 0.1) is 6.92 Å². The lowest BCUT2D eigenvalue weighted by Crippen LogP contribution is -2.26. The van der Waals surface area contributed by atoms with Gasteiger partial charge in [0.05, 0.1) is 10.6 Å². The molecule has 1 aromatic carbocycles. The number of amides is 1. The molecular formula is C15H19N3O4S. The molecule has 2 aromatic rings. The van der Waals surface area contributed by atoms with Gasteiger partial charge in [0.25, 0.3) is 5.91 Å². The number of sulfonamides is 1. The predicted octanol–water partition coefficient (Wildman–Crippen LogP) is 1.21. The Bertz CT molecular complexity index is 779. The molecule has 1 amide bonds. The molecule has 1 heterocycles. The molecule has 0 saturated carbocycles. The molecule has 1 aromatic heterocycles. The van der Waals surface area contributed by atoms with Crippen LogP contribution in [0.15, 0.2) is 39.8 Å². The van der Waals surface area contributed by atoms with Crippen LogP contribution in [0.5, 0.6) is 0 Å². The van der Waals surface area contributed by atoms with E-state index < -0.39 is 10.0 Å². The Morgan fingerprint density at radius 3 is 2.43 bits per heavy atom. The van der Waals surface area contributed by atoms with E-state index in [-0.39, 0.29) is 10.8 Å². The number of benzene rings is 1. The van der Waals surface area contributed by atoms with Crippen LogP contribution in [0.3, 0.4) is 0 Å². The second-order valence-corrected chi connectivity index (χ2v) is 7.33. The van der Waals surface area contributed by atoms with Gasteiger partial charge in [0.15, 0.2) is 5.89 Å². The first kappa shape index (κ1) is 17.2. The molecule has 7 nitrogen and oxygen atoms in total. The number of carbonyl (C=O) groups is 1. The minimum Gasteiger partial charge on any atom is -0.449 e. The van der Waals surface area contributed by atoms with Crippen molar-refractivity contribution < 1.29 is 17.6 Å². The number of oxazole rings is 1. The van der Waals surface area contributed by atoms with E-state index in [1.807, 2.05) is 0 Å². The molecule has 0 saturated heterocycles. The minimum atomic E-state index is -3.49. The Hall–Kier alpha value is -2.19. The van der Waals surface area contributed by atoms with E-state index in [9.17, 15) is 13.2 Å². The lowest BCUT2D eigenvalue weighted by atomic mass is 10.2. The molecule has 124 valence electrons. The highest BCUT2D eigenvalue weighted by Crippen LogP contribution is 2.14. The molecule has 2 rings (SSSR count). The van der Waals surface area contributed by atoms with Crippen LogP contribution >= 0.6 is 0 Å². The Kier molecular flexibility index (Phi) is 5.17. The summed E-state index contributed by atoms with van der Waals surface area (Å²) in [5.74, 6) is 0.322. The molecule has 0 aliphatic heterocycles. The summed E-state index contributed by atoms with van der Waals surface area (Å²) in [5, 5.41) is 2.76. The molecule has 23 heavy (non-hydrogen) atoms. The first-order valence-corrected chi connectivity index (χ1v) is 8.46. The number of carbonyl (C=O) groups excluding carboxylic acids is 1. The Morgan fingerprint density at radius 2 is 1.91 bits per heavy atom. The normalized spacial score (nSPS) is 11.7. The molecule has 0 radical (unpaired) electrons. The van der Waals surface area contributed by atoms with Gasteiger partial charge in [-0.3, -0.25) is 4.79 Å². The second kappa shape index (κ2) is 6.93. The van der Waals surface area contributed by atoms with Crippen molar-refractivity contribution in [2.24, 2.45) is 0 Å². The number of hydrogen-bond acceptors (Lipinski definition) is 5. The van der Waals surface area contributed by atoms with Gasteiger partial charge in [-0.25, -0.2) is 17.7 Å². The average molecular weight is 337 g/mol. The van der Waals surface area contributed by atoms with Gasteiger partial charge >= 0.3 is 0 Å². The van der Waals surface area contributed by atoms with Gasteiger partial charge in [-0.2, -0.15) is 0 Å². The van der Waals surface area contributed by atoms with Crippen molar-refractivity contribution in [1.82, 2.24) is 14.6 Å². The molecule has 0 fully saturated rings. The maximum absolute atomic E-state index is 12.0. The molecule has 1 N–H and O–H groups in total. The smallest absolute Gasteiger partial charge is 0.251 e. The summed E-state index contributed by atoms with van der Waals surface area (Å²) in [6, 6.07) is 5.83. The van der Waals surface area contributed by atoms with Crippen LogP contribution in [0.1, 0.15) is 21.9 Å². The van der Waals surface area contributed by atoms with E-state index in [0.717, 1.165) is 10.00 Å². The zero-order valence-electron chi connectivity index (χ0n) is 13.2. The third-order valence-corrected chi connectivity index (χ3v) is 5.06. The summed E-state index contributed by atoms with van der Waals surface area (Å²) >= 11 is 0. The molecule has 8 heteroatoms. The van der Waals surface area contributed by atoms with Gasteiger partial charge in [-0.1, -0.05) is 0 Å². The summed E-state index contributed by atoms with van der Waals surface area (Å²) in [7, 11) is -0.567. The summed E-state index contributed by atoms with van der Waals surface area (Å²) in [6.45, 7) is 2.17. The van der Waals surface area contributed by atoms with E-state index in [1.54, 1.807) is 13.2 Å². The molecule has 0 bridgehead atoms. The van der Waals surface area contributed by atoms with E-state index in [4.69, 9.17) is 4.42 Å². The Morgan fingerprint density at radius 1 is 1.26 bits per heavy atom. The topological polar surface area (TPSA) is 92.5 Å². The quantitative estimate of drug-likeness (QED) is 0.855. The van der Waals surface area contributed by atoms with E-state index in [0.29, 0.717) is 24.4 Å². The average Bonchev–Trinajstić information content (AvgIpc) is 2.92. The van der Waals surface area contributed by atoms with Gasteiger partial charge in [0, 0.05) is 39.5 Å². The van der Waals surface area contributed by atoms with Crippen LogP contribution in [0.4, 0.5) is 0 Å². The van der Waals surface area contributed by atoms with Gasteiger partial charge in [0.2, 0.25) is 10.0 Å². The van der Waals surface area contributed by atoms with Crippen molar-refractivity contribution in [3.05, 3.63) is 47.7 Å². The van der Waals surface area contributed by atoms with Crippen molar-refractivity contribution in [3.63, 3.8) is 0 Å². The standard InChI is InChI=1S/C15H19N3O4S/c1-11-17-13(10-22-11)8-9-16-15(19)12-4-6-14(7-5-12)23(20,21)18(2)3/h4-7,10H,8-9H2,1-3H3,(H,16,19). The number of nitrogens with zero attached hydrogens (tertiary/aromatic N) is 2. The van der Waals surface area contributed by atoms with Crippen molar-refractivity contribution in [2.75, 3.05) is 20.6 Å². The maximum atomic E-state index is 12.0. The molecular weight excluding hydrogens is 318 g/mol. The SMILES string of the molecule is Cc1nc(CCNC(=O)c2ccc(S(=O)(=O)N(C)C)cc2)co1. The van der Waals surface area contributed by atoms with Gasteiger partial charge in [-0.05, 0) is 24.3 Å². The Labute approximate surface area is 135 Å². The van der Waals surface area contributed by atoms with E-state index >= 15 is 0 Å². The van der Waals surface area contributed by atoms with Crippen LogP contribution in [0.25, 0.3) is 0 Å². The zero-order chi connectivity index (χ0) is 17.0. The summed E-state index contributed by atoms with van der Waals surface area (Å²) in [6.07, 6.45) is 2.12. The highest BCUT2D eigenvalue weighted by atomic mass is 32.2. The van der Waals surface area contributed by atoms with Crippen molar-refractivity contribution in [2.45, 2.75) is 18.2 Å². The van der Waals surface area contributed by atoms with Crippen molar-refractivity contribution >= 4 is 15.9 Å². The molecule has 0 unspecified atom stereocenters. The lowest BCUT2D eigenvalue weighted by Gasteiger charge is -2.11. The van der Waals surface area contributed by atoms with Crippen molar-refractivity contribution in [3.8, 4) is 0 Å². The van der Waals surface area contributed by atoms with Crippen LogP contribution in [-0.2, 0) is 16.4 Å². The predicted molar refractivity (Wildman–Crippen MR) is 84.6 cm³/mol. The zero-order valence-corrected chi connectivity index (χ0v) is 14.1. The number of nitrogens with one attached hydrogen (secondary N) is 1. The second-order valence-electron chi connectivity index (χ2n) is 5.18. The number of aromatic nitrogens is 1. The third-order valence-electron chi connectivity index (χ3n) is 3.23. The van der Waals surface area contributed by atoms with E-state index in [1.165, 1.54) is 38.4 Å². The van der Waals surface area contributed by atoms with Crippen LogP contribution < -0.4 is 5.32 Å². The maximum Gasteiger partial charge on any atom is 0.251 e. The largest absolute Gasteiger partial charge is 0.449 e.